The lowest BCUT2D eigenvalue weighted by Crippen LogP contribution is -2.10. The van der Waals surface area contributed by atoms with Gasteiger partial charge in [-0.05, 0) is 18.6 Å². The van der Waals surface area contributed by atoms with Crippen LogP contribution in [-0.4, -0.2) is 23.3 Å². The molecule has 0 atom stereocenters. The number of nitrogens with one attached hydrogen (secondary N) is 1. The van der Waals surface area contributed by atoms with Crippen LogP contribution in [0.5, 0.6) is 0 Å². The van der Waals surface area contributed by atoms with E-state index in [1.165, 1.54) is 6.08 Å². The van der Waals surface area contributed by atoms with Crippen LogP contribution >= 0.6 is 0 Å². The predicted molar refractivity (Wildman–Crippen MR) is 119 cm³/mol. The molecule has 4 rings (SSSR count). The monoisotopic (exact) mass is 395 g/mol. The summed E-state index contributed by atoms with van der Waals surface area (Å²) in [4.78, 5) is 29.3. The molecular weight excluding hydrogens is 374 g/mol. The number of allylic oxidation sites excluding steroid dienone is 1. The maximum Gasteiger partial charge on any atom is 0.338 e. The Labute approximate surface area is 174 Å². The molecule has 0 aliphatic carbocycles. The van der Waals surface area contributed by atoms with E-state index in [9.17, 15) is 9.59 Å². The van der Waals surface area contributed by atoms with Gasteiger partial charge in [-0.1, -0.05) is 78.9 Å². The average molecular weight is 395 g/mol. The van der Waals surface area contributed by atoms with Crippen molar-refractivity contribution < 1.29 is 14.3 Å². The van der Waals surface area contributed by atoms with E-state index in [2.05, 4.69) is 4.98 Å². The first kappa shape index (κ1) is 19.4. The van der Waals surface area contributed by atoms with Crippen LogP contribution in [0.15, 0.2) is 91.0 Å². The Morgan fingerprint density at radius 1 is 0.867 bits per heavy atom. The number of ketones is 1. The molecule has 0 spiro atoms. The van der Waals surface area contributed by atoms with Gasteiger partial charge in [-0.15, -0.1) is 0 Å². The van der Waals surface area contributed by atoms with Crippen molar-refractivity contribution in [3.8, 4) is 11.3 Å². The number of aromatic amines is 1. The highest BCUT2D eigenvalue weighted by Crippen LogP contribution is 2.36. The highest BCUT2D eigenvalue weighted by molar-refractivity contribution is 6.27. The van der Waals surface area contributed by atoms with E-state index in [1.807, 2.05) is 60.7 Å². The first-order chi connectivity index (χ1) is 14.7. The number of carbonyl (C=O) groups excluding carboxylic acids is 2. The third-order valence-corrected chi connectivity index (χ3v) is 4.87. The molecule has 0 bridgehead atoms. The Bertz CT molecular complexity index is 1220. The van der Waals surface area contributed by atoms with Gasteiger partial charge in [-0.3, -0.25) is 4.79 Å². The first-order valence-corrected chi connectivity index (χ1v) is 9.83. The number of H-pyrrole nitrogens is 1. The van der Waals surface area contributed by atoms with Crippen molar-refractivity contribution in [1.82, 2.24) is 4.98 Å². The molecule has 0 unspecified atom stereocenters. The van der Waals surface area contributed by atoms with Gasteiger partial charge in [0.1, 0.15) is 0 Å². The van der Waals surface area contributed by atoms with Crippen LogP contribution in [0, 0.1) is 0 Å². The van der Waals surface area contributed by atoms with Gasteiger partial charge in [0.25, 0.3) is 0 Å². The molecule has 30 heavy (non-hydrogen) atoms. The van der Waals surface area contributed by atoms with Crippen LogP contribution in [-0.2, 0) is 9.53 Å². The summed E-state index contributed by atoms with van der Waals surface area (Å²) in [6.45, 7) is 1.97. The van der Waals surface area contributed by atoms with E-state index in [1.54, 1.807) is 31.2 Å². The summed E-state index contributed by atoms with van der Waals surface area (Å²) in [5.74, 6) is -0.772. The lowest BCUT2D eigenvalue weighted by molar-refractivity contribution is -0.136. The van der Waals surface area contributed by atoms with Crippen LogP contribution in [0.3, 0.4) is 0 Å². The molecule has 4 nitrogen and oxygen atoms in total. The maximum atomic E-state index is 13.0. The van der Waals surface area contributed by atoms with Gasteiger partial charge >= 0.3 is 5.97 Å². The second kappa shape index (κ2) is 8.62. The summed E-state index contributed by atoms with van der Waals surface area (Å²) >= 11 is 0. The van der Waals surface area contributed by atoms with Crippen LogP contribution in [0.25, 0.3) is 27.7 Å². The zero-order valence-electron chi connectivity index (χ0n) is 16.6. The van der Waals surface area contributed by atoms with Crippen LogP contribution in [0.4, 0.5) is 0 Å². The second-order valence-corrected chi connectivity index (χ2v) is 6.80. The Balaban J connectivity index is 1.96. The number of rotatable bonds is 6. The highest BCUT2D eigenvalue weighted by atomic mass is 16.5. The molecule has 148 valence electrons. The van der Waals surface area contributed by atoms with Crippen molar-refractivity contribution in [2.24, 2.45) is 0 Å². The number of ether oxygens (including phenoxy) is 1. The molecule has 0 aliphatic heterocycles. The number of hydrogen-bond acceptors (Lipinski definition) is 3. The molecule has 0 saturated heterocycles. The molecular formula is C26H21NO3. The summed E-state index contributed by atoms with van der Waals surface area (Å²) in [5, 5.41) is 0.858. The van der Waals surface area contributed by atoms with Gasteiger partial charge in [0.2, 0.25) is 0 Å². The van der Waals surface area contributed by atoms with Crippen molar-refractivity contribution >= 4 is 28.2 Å². The highest BCUT2D eigenvalue weighted by Gasteiger charge is 2.24. The topological polar surface area (TPSA) is 59.2 Å². The molecule has 3 aromatic carbocycles. The molecule has 0 fully saturated rings. The fraction of sp³-hybridized carbons (Fsp3) is 0.0769. The number of carbonyl (C=O) groups is 2. The molecule has 1 N–H and O–H groups in total. The molecule has 4 aromatic rings. The fourth-order valence-corrected chi connectivity index (χ4v) is 3.50. The summed E-state index contributed by atoms with van der Waals surface area (Å²) < 4.78 is 5.33. The van der Waals surface area contributed by atoms with E-state index in [0.29, 0.717) is 11.1 Å². The van der Waals surface area contributed by atoms with Crippen molar-refractivity contribution in [3.63, 3.8) is 0 Å². The Kier molecular flexibility index (Phi) is 5.57. The summed E-state index contributed by atoms with van der Waals surface area (Å²) in [5.41, 5.74) is 4.00. The van der Waals surface area contributed by atoms with E-state index >= 15 is 0 Å². The quantitative estimate of drug-likeness (QED) is 0.260. The minimum atomic E-state index is -0.524. The van der Waals surface area contributed by atoms with E-state index in [0.717, 1.165) is 22.2 Å². The van der Waals surface area contributed by atoms with Crippen molar-refractivity contribution in [1.29, 1.82) is 0 Å². The van der Waals surface area contributed by atoms with Crippen molar-refractivity contribution in [3.05, 3.63) is 102 Å². The molecule has 1 aromatic heterocycles. The Hall–Kier alpha value is -3.92. The van der Waals surface area contributed by atoms with Gasteiger partial charge in [0.05, 0.1) is 17.9 Å². The van der Waals surface area contributed by atoms with Crippen LogP contribution in [0.1, 0.15) is 22.8 Å². The number of fused-ring (bicyclic) bond motifs is 1. The third-order valence-electron chi connectivity index (χ3n) is 4.87. The normalized spacial score (nSPS) is 11.4. The van der Waals surface area contributed by atoms with Gasteiger partial charge in [0, 0.05) is 28.1 Å². The molecule has 0 radical (unpaired) electrons. The van der Waals surface area contributed by atoms with E-state index in [-0.39, 0.29) is 18.0 Å². The number of para-hydroxylation sites is 1. The Morgan fingerprint density at radius 2 is 1.50 bits per heavy atom. The molecule has 0 aliphatic rings. The van der Waals surface area contributed by atoms with Crippen molar-refractivity contribution in [2.75, 3.05) is 6.61 Å². The summed E-state index contributed by atoms with van der Waals surface area (Å²) in [6, 6.07) is 26.4. The van der Waals surface area contributed by atoms with Gasteiger partial charge in [-0.2, -0.15) is 0 Å². The molecule has 0 amide bonds. The van der Waals surface area contributed by atoms with E-state index in [4.69, 9.17) is 4.74 Å². The Morgan fingerprint density at radius 3 is 2.20 bits per heavy atom. The minimum Gasteiger partial charge on any atom is -0.462 e. The zero-order chi connectivity index (χ0) is 20.9. The van der Waals surface area contributed by atoms with Crippen LogP contribution < -0.4 is 0 Å². The largest absolute Gasteiger partial charge is 0.462 e. The number of benzene rings is 3. The second-order valence-electron chi connectivity index (χ2n) is 6.80. The number of hydrogen-bond donors (Lipinski definition) is 1. The molecule has 4 heteroatoms. The number of esters is 1. The lowest BCUT2D eigenvalue weighted by Gasteiger charge is -2.10. The SMILES string of the molecule is CCOC(=O)/C(=C/C(=O)c1ccccc1)c1c(-c2ccccc2)[nH]c2ccccc12. The number of aromatic nitrogens is 1. The third kappa shape index (κ3) is 3.80. The van der Waals surface area contributed by atoms with Gasteiger partial charge < -0.3 is 9.72 Å². The standard InChI is InChI=1S/C26H21NO3/c1-2-30-26(29)21(17-23(28)18-11-5-3-6-12-18)24-20-15-9-10-16-22(20)27-25(24)19-13-7-4-8-14-19/h3-17,27H,2H2,1H3/b21-17+. The smallest absolute Gasteiger partial charge is 0.338 e. The minimum absolute atomic E-state index is 0.221. The molecule has 0 saturated carbocycles. The zero-order valence-corrected chi connectivity index (χ0v) is 16.6. The fourth-order valence-electron chi connectivity index (χ4n) is 3.50. The molecule has 1 heterocycles. The van der Waals surface area contributed by atoms with Gasteiger partial charge in [0.15, 0.2) is 5.78 Å². The predicted octanol–water partition coefficient (Wildman–Crippen LogP) is 5.66. The summed E-state index contributed by atoms with van der Waals surface area (Å²) in [7, 11) is 0. The maximum absolute atomic E-state index is 13.0. The average Bonchev–Trinajstić information content (AvgIpc) is 3.18. The lowest BCUT2D eigenvalue weighted by atomic mass is 9.96. The summed E-state index contributed by atoms with van der Waals surface area (Å²) in [6.07, 6.45) is 1.38. The van der Waals surface area contributed by atoms with Crippen molar-refractivity contribution in [2.45, 2.75) is 6.92 Å². The first-order valence-electron chi connectivity index (χ1n) is 9.83. The van der Waals surface area contributed by atoms with Gasteiger partial charge in [-0.25, -0.2) is 4.79 Å². The van der Waals surface area contributed by atoms with E-state index < -0.39 is 5.97 Å². The van der Waals surface area contributed by atoms with Crippen LogP contribution in [0.2, 0.25) is 0 Å².